The Labute approximate surface area is 148 Å². The van der Waals surface area contributed by atoms with E-state index in [4.69, 9.17) is 0 Å². The van der Waals surface area contributed by atoms with Gasteiger partial charge in [0.1, 0.15) is 0 Å². The molecule has 1 aromatic rings. The van der Waals surface area contributed by atoms with Gasteiger partial charge in [-0.1, -0.05) is 0 Å². The van der Waals surface area contributed by atoms with Crippen LogP contribution in [0.4, 0.5) is 0 Å². The SMILES string of the molecule is CN1CCc2[nH]nc(C(=O)N3CCC4(CCNC(=O)CC4)CC3)c2C1. The van der Waals surface area contributed by atoms with Crippen molar-refractivity contribution in [1.82, 2.24) is 25.3 Å². The lowest BCUT2D eigenvalue weighted by Crippen LogP contribution is -2.44. The molecule has 25 heavy (non-hydrogen) atoms. The lowest BCUT2D eigenvalue weighted by Gasteiger charge is -2.41. The van der Waals surface area contributed by atoms with Gasteiger partial charge < -0.3 is 15.1 Å². The third kappa shape index (κ3) is 3.17. The van der Waals surface area contributed by atoms with Crippen LogP contribution in [0.25, 0.3) is 0 Å². The molecule has 136 valence electrons. The van der Waals surface area contributed by atoms with E-state index in [2.05, 4.69) is 27.5 Å². The number of nitrogens with one attached hydrogen (secondary N) is 2. The Balaban J connectivity index is 1.44. The minimum Gasteiger partial charge on any atom is -0.356 e. The highest BCUT2D eigenvalue weighted by atomic mass is 16.2. The number of carbonyl (C=O) groups excluding carboxylic acids is 2. The predicted molar refractivity (Wildman–Crippen MR) is 93.1 cm³/mol. The molecular weight excluding hydrogens is 318 g/mol. The van der Waals surface area contributed by atoms with Crippen LogP contribution in [0.15, 0.2) is 0 Å². The monoisotopic (exact) mass is 345 g/mol. The maximum absolute atomic E-state index is 13.0. The number of amides is 2. The molecular formula is C18H27N5O2. The number of rotatable bonds is 1. The van der Waals surface area contributed by atoms with Crippen molar-refractivity contribution in [3.05, 3.63) is 17.0 Å². The topological polar surface area (TPSA) is 81.3 Å². The summed E-state index contributed by atoms with van der Waals surface area (Å²) in [7, 11) is 2.08. The van der Waals surface area contributed by atoms with E-state index in [9.17, 15) is 9.59 Å². The van der Waals surface area contributed by atoms with Crippen molar-refractivity contribution in [1.29, 1.82) is 0 Å². The van der Waals surface area contributed by atoms with E-state index < -0.39 is 0 Å². The van der Waals surface area contributed by atoms with Gasteiger partial charge in [-0.25, -0.2) is 0 Å². The van der Waals surface area contributed by atoms with Gasteiger partial charge in [0, 0.05) is 56.8 Å². The number of carbonyl (C=O) groups is 2. The van der Waals surface area contributed by atoms with Crippen LogP contribution in [0.3, 0.4) is 0 Å². The summed E-state index contributed by atoms with van der Waals surface area (Å²) in [4.78, 5) is 28.8. The van der Waals surface area contributed by atoms with E-state index in [-0.39, 0.29) is 17.2 Å². The molecule has 0 aliphatic carbocycles. The van der Waals surface area contributed by atoms with Gasteiger partial charge in [-0.3, -0.25) is 14.7 Å². The minimum absolute atomic E-state index is 0.0606. The van der Waals surface area contributed by atoms with Crippen molar-refractivity contribution >= 4 is 11.8 Å². The molecule has 2 N–H and O–H groups in total. The van der Waals surface area contributed by atoms with E-state index in [0.717, 1.165) is 76.1 Å². The average molecular weight is 345 g/mol. The molecule has 1 aromatic heterocycles. The quantitative estimate of drug-likeness (QED) is 0.793. The third-order valence-electron chi connectivity index (χ3n) is 6.30. The molecule has 0 saturated carbocycles. The lowest BCUT2D eigenvalue weighted by molar-refractivity contribution is -0.121. The van der Waals surface area contributed by atoms with Gasteiger partial charge in [0.05, 0.1) is 0 Å². The molecule has 3 aliphatic heterocycles. The molecule has 2 amide bonds. The molecule has 2 fully saturated rings. The molecule has 4 heterocycles. The molecule has 3 aliphatic rings. The van der Waals surface area contributed by atoms with E-state index in [0.29, 0.717) is 12.1 Å². The van der Waals surface area contributed by atoms with Crippen LogP contribution in [0.1, 0.15) is 53.8 Å². The number of likely N-dealkylation sites (tertiary alicyclic amines) is 1. The summed E-state index contributed by atoms with van der Waals surface area (Å²) < 4.78 is 0. The van der Waals surface area contributed by atoms with Crippen molar-refractivity contribution < 1.29 is 9.59 Å². The summed E-state index contributed by atoms with van der Waals surface area (Å²) in [5.41, 5.74) is 3.02. The standard InChI is InChI=1S/C18H27N5O2/c1-22-9-3-14-13(12-22)16(21-20-14)17(25)23-10-6-18(7-11-23)4-2-15(24)19-8-5-18/h2-12H2,1H3,(H,19,24)(H,20,21). The van der Waals surface area contributed by atoms with Gasteiger partial charge in [0.2, 0.25) is 5.91 Å². The first-order valence-corrected chi connectivity index (χ1v) is 9.37. The normalized spacial score (nSPS) is 23.9. The number of nitrogens with zero attached hydrogens (tertiary/aromatic N) is 3. The van der Waals surface area contributed by atoms with Gasteiger partial charge in [-0.15, -0.1) is 0 Å². The number of aromatic amines is 1. The number of hydrogen-bond acceptors (Lipinski definition) is 4. The van der Waals surface area contributed by atoms with Crippen LogP contribution in [0.2, 0.25) is 0 Å². The molecule has 0 aromatic carbocycles. The van der Waals surface area contributed by atoms with Gasteiger partial charge in [0.25, 0.3) is 5.91 Å². The van der Waals surface area contributed by atoms with Crippen LogP contribution < -0.4 is 5.32 Å². The van der Waals surface area contributed by atoms with Crippen LogP contribution in [-0.4, -0.2) is 65.0 Å². The summed E-state index contributed by atoms with van der Waals surface area (Å²) in [5.74, 6) is 0.230. The van der Waals surface area contributed by atoms with E-state index in [1.807, 2.05) is 4.90 Å². The Hall–Kier alpha value is -1.89. The Morgan fingerprint density at radius 3 is 2.72 bits per heavy atom. The summed E-state index contributed by atoms with van der Waals surface area (Å²) >= 11 is 0. The van der Waals surface area contributed by atoms with E-state index in [1.54, 1.807) is 0 Å². The minimum atomic E-state index is 0.0606. The molecule has 7 heteroatoms. The molecule has 7 nitrogen and oxygen atoms in total. The second-order valence-corrected chi connectivity index (χ2v) is 7.91. The Bertz CT molecular complexity index is 675. The van der Waals surface area contributed by atoms with Crippen molar-refractivity contribution in [2.45, 2.75) is 45.1 Å². The number of H-pyrrole nitrogens is 1. The number of aromatic nitrogens is 2. The fourth-order valence-electron chi connectivity index (χ4n) is 4.50. The maximum Gasteiger partial charge on any atom is 0.274 e. The number of fused-ring (bicyclic) bond motifs is 1. The number of likely N-dealkylation sites (N-methyl/N-ethyl adjacent to an activating group) is 1. The highest BCUT2D eigenvalue weighted by Gasteiger charge is 2.38. The van der Waals surface area contributed by atoms with Crippen molar-refractivity contribution in [3.8, 4) is 0 Å². The summed E-state index contributed by atoms with van der Waals surface area (Å²) in [5, 5.41) is 10.4. The largest absolute Gasteiger partial charge is 0.356 e. The predicted octanol–water partition coefficient (Wildman–Crippen LogP) is 0.920. The first-order valence-electron chi connectivity index (χ1n) is 9.37. The zero-order chi connectivity index (χ0) is 17.4. The van der Waals surface area contributed by atoms with Gasteiger partial charge >= 0.3 is 0 Å². The first kappa shape index (κ1) is 16.6. The highest BCUT2D eigenvalue weighted by Crippen LogP contribution is 2.40. The van der Waals surface area contributed by atoms with Gasteiger partial charge in [-0.05, 0) is 38.1 Å². The summed E-state index contributed by atoms with van der Waals surface area (Å²) in [6.07, 6.45) is 5.50. The third-order valence-corrected chi connectivity index (χ3v) is 6.30. The summed E-state index contributed by atoms with van der Waals surface area (Å²) in [6.45, 7) is 4.10. The molecule has 0 atom stereocenters. The zero-order valence-corrected chi connectivity index (χ0v) is 14.9. The Morgan fingerprint density at radius 2 is 1.92 bits per heavy atom. The molecule has 4 rings (SSSR count). The second-order valence-electron chi connectivity index (χ2n) is 7.91. The van der Waals surface area contributed by atoms with Crippen LogP contribution >= 0.6 is 0 Å². The molecule has 2 saturated heterocycles. The van der Waals surface area contributed by atoms with Crippen LogP contribution in [0.5, 0.6) is 0 Å². The van der Waals surface area contributed by atoms with E-state index in [1.165, 1.54) is 0 Å². The fourth-order valence-corrected chi connectivity index (χ4v) is 4.50. The van der Waals surface area contributed by atoms with Crippen LogP contribution in [-0.2, 0) is 17.8 Å². The lowest BCUT2D eigenvalue weighted by atomic mass is 9.73. The Kier molecular flexibility index (Phi) is 4.27. The number of piperidine rings is 1. The van der Waals surface area contributed by atoms with Gasteiger partial charge in [0.15, 0.2) is 5.69 Å². The average Bonchev–Trinajstić information content (AvgIpc) is 2.94. The van der Waals surface area contributed by atoms with Crippen molar-refractivity contribution in [2.24, 2.45) is 5.41 Å². The van der Waals surface area contributed by atoms with Crippen molar-refractivity contribution in [3.63, 3.8) is 0 Å². The Morgan fingerprint density at radius 1 is 1.12 bits per heavy atom. The molecule has 1 spiro atoms. The highest BCUT2D eigenvalue weighted by molar-refractivity contribution is 5.94. The number of hydrogen-bond donors (Lipinski definition) is 2. The zero-order valence-electron chi connectivity index (χ0n) is 14.9. The first-order chi connectivity index (χ1) is 12.1. The van der Waals surface area contributed by atoms with Crippen molar-refractivity contribution in [2.75, 3.05) is 33.2 Å². The molecule has 0 unspecified atom stereocenters. The second kappa shape index (κ2) is 6.44. The summed E-state index contributed by atoms with van der Waals surface area (Å²) in [6, 6.07) is 0. The maximum atomic E-state index is 13.0. The smallest absolute Gasteiger partial charge is 0.274 e. The van der Waals surface area contributed by atoms with E-state index >= 15 is 0 Å². The molecule has 0 radical (unpaired) electrons. The molecule has 0 bridgehead atoms. The fraction of sp³-hybridized carbons (Fsp3) is 0.722. The van der Waals surface area contributed by atoms with Gasteiger partial charge in [-0.2, -0.15) is 5.10 Å². The van der Waals surface area contributed by atoms with Crippen LogP contribution in [0, 0.1) is 5.41 Å².